The Balaban J connectivity index is 1.69. The molecule has 1 aromatic heterocycles. The van der Waals surface area contributed by atoms with Crippen LogP contribution in [0.2, 0.25) is 5.02 Å². The summed E-state index contributed by atoms with van der Waals surface area (Å²) >= 11 is 5.79. The fourth-order valence-corrected chi connectivity index (χ4v) is 2.86. The third-order valence-corrected chi connectivity index (χ3v) is 4.37. The Morgan fingerprint density at radius 1 is 1.14 bits per heavy atom. The van der Waals surface area contributed by atoms with Gasteiger partial charge in [0.25, 0.3) is 0 Å². The molecule has 3 rings (SSSR count). The molecule has 0 saturated carbocycles. The van der Waals surface area contributed by atoms with Gasteiger partial charge in [-0.15, -0.1) is 0 Å². The van der Waals surface area contributed by atoms with Crippen molar-refractivity contribution in [1.29, 1.82) is 0 Å². The van der Waals surface area contributed by atoms with Crippen LogP contribution in [0.1, 0.15) is 22.5 Å². The molecule has 3 N–H and O–H groups in total. The molecule has 0 atom stereocenters. The van der Waals surface area contributed by atoms with Crippen LogP contribution in [-0.2, 0) is 24.2 Å². The minimum Gasteiger partial charge on any atom is -0.481 e. The highest BCUT2D eigenvalue weighted by Crippen LogP contribution is 2.19. The molecule has 29 heavy (non-hydrogen) atoms. The van der Waals surface area contributed by atoms with Crippen LogP contribution >= 0.6 is 11.6 Å². The number of aromatic nitrogens is 2. The maximum Gasteiger partial charge on any atom is 0.307 e. The minimum atomic E-state index is -0.901. The van der Waals surface area contributed by atoms with E-state index < -0.39 is 11.8 Å². The van der Waals surface area contributed by atoms with Gasteiger partial charge in [-0.3, -0.25) is 4.79 Å². The number of halogens is 2. The largest absolute Gasteiger partial charge is 0.481 e. The van der Waals surface area contributed by atoms with E-state index in [1.54, 1.807) is 24.3 Å². The molecule has 0 aliphatic rings. The van der Waals surface area contributed by atoms with Crippen molar-refractivity contribution in [3.63, 3.8) is 0 Å². The molecule has 0 fully saturated rings. The molecule has 0 aliphatic carbocycles. The summed E-state index contributed by atoms with van der Waals surface area (Å²) in [7, 11) is 0. The first-order valence-electron chi connectivity index (χ1n) is 8.47. The van der Waals surface area contributed by atoms with E-state index in [2.05, 4.69) is 20.8 Å². The van der Waals surface area contributed by atoms with Crippen LogP contribution in [0.3, 0.4) is 0 Å². The monoisotopic (exact) mass is 418 g/mol. The first-order valence-corrected chi connectivity index (χ1v) is 8.85. The van der Waals surface area contributed by atoms with Crippen LogP contribution in [0.25, 0.3) is 0 Å². The lowest BCUT2D eigenvalue weighted by Crippen LogP contribution is -2.11. The Kier molecular flexibility index (Phi) is 6.40. The Bertz CT molecular complexity index is 1040. The van der Waals surface area contributed by atoms with Gasteiger partial charge in [0.05, 0.1) is 18.0 Å². The number of carboxylic acid groups (broad SMARTS) is 1. The van der Waals surface area contributed by atoms with Crippen LogP contribution in [0.15, 0.2) is 52.2 Å². The van der Waals surface area contributed by atoms with Gasteiger partial charge in [-0.05, 0) is 40.5 Å². The Morgan fingerprint density at radius 2 is 1.86 bits per heavy atom. The van der Waals surface area contributed by atoms with Crippen molar-refractivity contribution < 1.29 is 24.1 Å². The molecule has 150 valence electrons. The maximum atomic E-state index is 13.3. The molecule has 8 nitrogen and oxygen atoms in total. The molecule has 0 aliphatic heterocycles. The predicted molar refractivity (Wildman–Crippen MR) is 103 cm³/mol. The second kappa shape index (κ2) is 9.16. The molecule has 0 saturated heterocycles. The van der Waals surface area contributed by atoms with Crippen molar-refractivity contribution in [1.82, 2.24) is 10.3 Å². The summed E-state index contributed by atoms with van der Waals surface area (Å²) in [5, 5.41) is 32.2. The number of anilines is 1. The molecule has 0 spiro atoms. The quantitative estimate of drug-likeness (QED) is 0.290. The summed E-state index contributed by atoms with van der Waals surface area (Å²) in [4.78, 5) is 10.7. The van der Waals surface area contributed by atoms with Crippen molar-refractivity contribution >= 4 is 29.0 Å². The fourth-order valence-electron chi connectivity index (χ4n) is 2.65. The molecule has 2 aromatic carbocycles. The number of aliphatic carboxylic acids is 1. The van der Waals surface area contributed by atoms with E-state index in [9.17, 15) is 14.4 Å². The molecule has 3 aromatic rings. The number of carbonyl (C=O) groups is 1. The molecule has 0 bridgehead atoms. The molecule has 1 heterocycles. The Morgan fingerprint density at radius 3 is 2.52 bits per heavy atom. The zero-order valence-electron chi connectivity index (χ0n) is 15.0. The number of hydrogen-bond acceptors (Lipinski definition) is 7. The first kappa shape index (κ1) is 20.3. The van der Waals surface area contributed by atoms with Crippen molar-refractivity contribution in [2.24, 2.45) is 5.16 Å². The smallest absolute Gasteiger partial charge is 0.307 e. The highest BCUT2D eigenvalue weighted by Gasteiger charge is 2.18. The molecular formula is C19H16ClFN4O4. The molecule has 0 amide bonds. The van der Waals surface area contributed by atoms with Gasteiger partial charge < -0.3 is 15.6 Å². The highest BCUT2D eigenvalue weighted by molar-refractivity contribution is 6.30. The average Bonchev–Trinajstić information content (AvgIpc) is 3.16. The zero-order valence-corrected chi connectivity index (χ0v) is 15.7. The van der Waals surface area contributed by atoms with Gasteiger partial charge in [0.15, 0.2) is 5.69 Å². The highest BCUT2D eigenvalue weighted by atomic mass is 35.5. The van der Waals surface area contributed by atoms with Crippen molar-refractivity contribution in [2.75, 3.05) is 5.32 Å². The van der Waals surface area contributed by atoms with Gasteiger partial charge in [-0.25, -0.2) is 9.02 Å². The molecule has 10 heteroatoms. The zero-order chi connectivity index (χ0) is 20.8. The van der Waals surface area contributed by atoms with Crippen LogP contribution in [0, 0.1) is 5.82 Å². The lowest BCUT2D eigenvalue weighted by atomic mass is 10.0. The van der Waals surface area contributed by atoms with Gasteiger partial charge in [0.2, 0.25) is 0 Å². The normalized spacial score (nSPS) is 11.4. The van der Waals surface area contributed by atoms with E-state index in [4.69, 9.17) is 21.3 Å². The van der Waals surface area contributed by atoms with Crippen molar-refractivity contribution in [2.45, 2.75) is 19.4 Å². The number of oxime groups is 1. The summed E-state index contributed by atoms with van der Waals surface area (Å²) in [5.74, 6) is -1.44. The number of hydrogen-bond donors (Lipinski definition) is 3. The summed E-state index contributed by atoms with van der Waals surface area (Å²) in [6.45, 7) is 0.223. The molecule has 0 unspecified atom stereocenters. The van der Waals surface area contributed by atoms with Gasteiger partial charge in [-0.2, -0.15) is 0 Å². The van der Waals surface area contributed by atoms with E-state index >= 15 is 0 Å². The summed E-state index contributed by atoms with van der Waals surface area (Å²) in [6.07, 6.45) is 0.0863. The topological polar surface area (TPSA) is 121 Å². The summed E-state index contributed by atoms with van der Waals surface area (Å²) < 4.78 is 18.1. The summed E-state index contributed by atoms with van der Waals surface area (Å²) in [6, 6.07) is 11.1. The number of rotatable bonds is 8. The van der Waals surface area contributed by atoms with Gasteiger partial charge >= 0.3 is 5.97 Å². The first-order chi connectivity index (χ1) is 14.0. The van der Waals surface area contributed by atoms with Gasteiger partial charge in [0.1, 0.15) is 17.2 Å². The molecule has 0 radical (unpaired) electrons. The maximum absolute atomic E-state index is 13.3. The standard InChI is InChI=1S/C19H16ClFN4O4/c20-14-7-12(3-6-15(14)21)8-16(23-28)19-17(24-29-25-19)10-22-13-4-1-11(2-5-13)9-18(26)27/h1-7,22,28H,8-10H2,(H,26,27). The SMILES string of the molecule is O=C(O)Cc1ccc(NCc2nonc2C(Cc2ccc(F)c(Cl)c2)=NO)cc1. The Labute approximate surface area is 169 Å². The number of nitrogens with zero attached hydrogens (tertiary/aromatic N) is 3. The van der Waals surface area contributed by atoms with Crippen LogP contribution in [-0.4, -0.2) is 32.3 Å². The third kappa shape index (κ3) is 5.29. The van der Waals surface area contributed by atoms with E-state index in [1.165, 1.54) is 18.2 Å². The minimum absolute atomic E-state index is 0.0358. The van der Waals surface area contributed by atoms with E-state index in [0.29, 0.717) is 16.8 Å². The number of benzene rings is 2. The van der Waals surface area contributed by atoms with Crippen molar-refractivity contribution in [3.05, 3.63) is 75.8 Å². The van der Waals surface area contributed by atoms with Gasteiger partial charge in [0, 0.05) is 12.1 Å². The number of carboxylic acids is 1. The lowest BCUT2D eigenvalue weighted by Gasteiger charge is -2.07. The lowest BCUT2D eigenvalue weighted by molar-refractivity contribution is -0.136. The average molecular weight is 419 g/mol. The number of nitrogens with one attached hydrogen (secondary N) is 1. The fraction of sp³-hybridized carbons (Fsp3) is 0.158. The van der Waals surface area contributed by atoms with Gasteiger partial charge in [-0.1, -0.05) is 40.1 Å². The Hall–Kier alpha value is -3.46. The van der Waals surface area contributed by atoms with E-state index in [-0.39, 0.29) is 35.8 Å². The van der Waals surface area contributed by atoms with Crippen molar-refractivity contribution in [3.8, 4) is 0 Å². The second-order valence-electron chi connectivity index (χ2n) is 6.15. The van der Waals surface area contributed by atoms with E-state index in [1.807, 2.05) is 0 Å². The van der Waals surface area contributed by atoms with Crippen LogP contribution < -0.4 is 5.32 Å². The molecular weight excluding hydrogens is 403 g/mol. The predicted octanol–water partition coefficient (Wildman–Crippen LogP) is 3.52. The summed E-state index contributed by atoms with van der Waals surface area (Å²) in [5.41, 5.74) is 2.88. The van der Waals surface area contributed by atoms with Crippen LogP contribution in [0.5, 0.6) is 0 Å². The van der Waals surface area contributed by atoms with E-state index in [0.717, 1.165) is 5.69 Å². The van der Waals surface area contributed by atoms with Crippen LogP contribution in [0.4, 0.5) is 10.1 Å². The second-order valence-corrected chi connectivity index (χ2v) is 6.56. The third-order valence-electron chi connectivity index (χ3n) is 4.08.